The monoisotopic (exact) mass is 149 g/mol. The molecule has 0 rings (SSSR count). The topological polar surface area (TPSA) is 29.1 Å². The van der Waals surface area contributed by atoms with Crippen LogP contribution in [0.3, 0.4) is 0 Å². The van der Waals surface area contributed by atoms with Crippen molar-refractivity contribution in [2.75, 3.05) is 0 Å². The van der Waals surface area contributed by atoms with E-state index in [2.05, 4.69) is 5.32 Å². The normalized spacial score (nSPS) is 30.7. The average Bonchev–Trinajstić information content (AvgIpc) is 1.98. The van der Waals surface area contributed by atoms with E-state index >= 15 is 0 Å². The highest BCUT2D eigenvalue weighted by molar-refractivity contribution is 5.73. The number of hydrogen-bond acceptors (Lipinski definition) is 1. The van der Waals surface area contributed by atoms with Gasteiger partial charge in [0.2, 0.25) is 5.91 Å². The molecular weight excluding hydrogens is 126 g/mol. The summed E-state index contributed by atoms with van der Waals surface area (Å²) in [6.07, 6.45) is -2.36. The molecule has 2 unspecified atom stereocenters. The highest BCUT2D eigenvalue weighted by atomic mass is 16.1. The number of hydrogen-bond donors (Lipinski definition) is 1. The molecule has 0 aromatic rings. The third-order valence-electron chi connectivity index (χ3n) is 0.797. The van der Waals surface area contributed by atoms with E-state index in [1.54, 1.807) is 0 Å². The SMILES string of the molecule is [2H]C([2H])([2H])C(C)C([2H])([2H])C([2H])(C)NC(C)=O. The zero-order valence-electron chi connectivity index (χ0n) is 12.5. The molecule has 0 aromatic carbocycles. The Balaban J connectivity index is 5.10. The Morgan fingerprint density at radius 2 is 2.50 bits per heavy atom. The molecule has 0 saturated carbocycles. The van der Waals surface area contributed by atoms with Gasteiger partial charge in [0, 0.05) is 19.8 Å². The lowest BCUT2D eigenvalue weighted by Crippen LogP contribution is -2.31. The fraction of sp³-hybridized carbons (Fsp3) is 0.875. The molecule has 1 amide bonds. The lowest BCUT2D eigenvalue weighted by molar-refractivity contribution is -0.119. The van der Waals surface area contributed by atoms with Crippen LogP contribution >= 0.6 is 0 Å². The van der Waals surface area contributed by atoms with Gasteiger partial charge in [-0.2, -0.15) is 0 Å². The maximum atomic E-state index is 10.8. The Morgan fingerprint density at radius 3 is 2.90 bits per heavy atom. The molecule has 0 aliphatic heterocycles. The summed E-state index contributed by atoms with van der Waals surface area (Å²) in [5.74, 6) is -1.92. The summed E-state index contributed by atoms with van der Waals surface area (Å²) in [4.78, 5) is 10.8. The van der Waals surface area contributed by atoms with E-state index in [0.29, 0.717) is 0 Å². The van der Waals surface area contributed by atoms with Gasteiger partial charge in [-0.05, 0) is 19.2 Å². The second-order valence-corrected chi connectivity index (χ2v) is 2.17. The van der Waals surface area contributed by atoms with E-state index in [1.807, 2.05) is 0 Å². The first-order valence-electron chi connectivity index (χ1n) is 6.11. The molecule has 0 fully saturated rings. The number of amides is 1. The summed E-state index contributed by atoms with van der Waals surface area (Å²) in [5, 5.41) is 2.12. The van der Waals surface area contributed by atoms with E-state index in [0.717, 1.165) is 13.8 Å². The van der Waals surface area contributed by atoms with Crippen LogP contribution in [0.1, 0.15) is 42.2 Å². The lowest BCUT2D eigenvalue weighted by Gasteiger charge is -2.13. The van der Waals surface area contributed by atoms with Crippen LogP contribution in [0.25, 0.3) is 0 Å². The Labute approximate surface area is 71.4 Å². The van der Waals surface area contributed by atoms with Crippen LogP contribution in [0, 0.1) is 5.92 Å². The minimum atomic E-state index is -2.51. The van der Waals surface area contributed by atoms with Gasteiger partial charge in [-0.1, -0.05) is 13.8 Å². The quantitative estimate of drug-likeness (QED) is 0.648. The van der Waals surface area contributed by atoms with Gasteiger partial charge in [-0.15, -0.1) is 0 Å². The van der Waals surface area contributed by atoms with Gasteiger partial charge < -0.3 is 5.32 Å². The third-order valence-corrected chi connectivity index (χ3v) is 0.797. The summed E-state index contributed by atoms with van der Waals surface area (Å²) in [7, 11) is 0. The summed E-state index contributed by atoms with van der Waals surface area (Å²) >= 11 is 0. The first kappa shape index (κ1) is 3.24. The minimum absolute atomic E-state index is 0.570. The second kappa shape index (κ2) is 4.31. The van der Waals surface area contributed by atoms with Crippen LogP contribution in [0.5, 0.6) is 0 Å². The van der Waals surface area contributed by atoms with E-state index < -0.39 is 31.1 Å². The molecule has 0 aromatic heterocycles. The first-order chi connectivity index (χ1) is 6.82. The summed E-state index contributed by atoms with van der Waals surface area (Å²) in [6.45, 7) is 1.01. The average molecular weight is 149 g/mol. The fourth-order valence-corrected chi connectivity index (χ4v) is 0.625. The number of rotatable bonds is 3. The van der Waals surface area contributed by atoms with Crippen LogP contribution in [-0.2, 0) is 4.79 Å². The highest BCUT2D eigenvalue weighted by Gasteiger charge is 2.04. The van der Waals surface area contributed by atoms with Gasteiger partial charge in [0.25, 0.3) is 0 Å². The van der Waals surface area contributed by atoms with Gasteiger partial charge >= 0.3 is 0 Å². The molecule has 2 atom stereocenters. The molecule has 0 aliphatic carbocycles. The summed E-state index contributed by atoms with van der Waals surface area (Å²) < 4.78 is 44.5. The minimum Gasteiger partial charge on any atom is -0.354 e. The largest absolute Gasteiger partial charge is 0.354 e. The van der Waals surface area contributed by atoms with Crippen LogP contribution in [-0.4, -0.2) is 11.9 Å². The molecule has 60 valence electrons. The predicted molar refractivity (Wildman–Crippen MR) is 42.7 cm³/mol. The van der Waals surface area contributed by atoms with Crippen molar-refractivity contribution in [3.05, 3.63) is 0 Å². The van der Waals surface area contributed by atoms with Crippen molar-refractivity contribution >= 4 is 5.91 Å². The molecule has 0 radical (unpaired) electrons. The molecule has 0 heterocycles. The molecule has 2 heteroatoms. The zero-order valence-corrected chi connectivity index (χ0v) is 6.49. The fourth-order valence-electron chi connectivity index (χ4n) is 0.625. The van der Waals surface area contributed by atoms with Crippen molar-refractivity contribution < 1.29 is 13.0 Å². The lowest BCUT2D eigenvalue weighted by atomic mass is 10.1. The van der Waals surface area contributed by atoms with Crippen LogP contribution < -0.4 is 5.32 Å². The van der Waals surface area contributed by atoms with Gasteiger partial charge in [0.15, 0.2) is 0 Å². The predicted octanol–water partition coefficient (Wildman–Crippen LogP) is 1.56. The summed E-state index contributed by atoms with van der Waals surface area (Å²) in [6, 6.07) is -1.98. The van der Waals surface area contributed by atoms with Gasteiger partial charge in [0.1, 0.15) is 0 Å². The molecule has 1 N–H and O–H groups in total. The zero-order chi connectivity index (χ0) is 13.4. The number of carbonyl (C=O) groups excluding carboxylic acids is 1. The molecular formula is C8H17NO. The molecule has 0 bridgehead atoms. The Hall–Kier alpha value is -0.530. The van der Waals surface area contributed by atoms with Crippen molar-refractivity contribution in [1.29, 1.82) is 0 Å². The second-order valence-electron chi connectivity index (χ2n) is 2.17. The molecule has 10 heavy (non-hydrogen) atoms. The number of nitrogens with one attached hydrogen (secondary N) is 1. The number of carbonyl (C=O) groups is 1. The van der Waals surface area contributed by atoms with E-state index in [9.17, 15) is 4.79 Å². The molecule has 2 nitrogen and oxygen atoms in total. The molecule has 0 saturated heterocycles. The smallest absolute Gasteiger partial charge is 0.217 e. The van der Waals surface area contributed by atoms with Crippen molar-refractivity contribution in [2.45, 2.75) is 40.0 Å². The van der Waals surface area contributed by atoms with Crippen molar-refractivity contribution in [1.82, 2.24) is 5.32 Å². The summed E-state index contributed by atoms with van der Waals surface area (Å²) in [5.41, 5.74) is 0. The third kappa shape index (κ3) is 5.60. The van der Waals surface area contributed by atoms with Crippen LogP contribution in [0.4, 0.5) is 0 Å². The van der Waals surface area contributed by atoms with Crippen molar-refractivity contribution in [3.8, 4) is 0 Å². The molecule has 0 aliphatic rings. The maximum absolute atomic E-state index is 10.8. The molecule has 0 spiro atoms. The van der Waals surface area contributed by atoms with Crippen molar-refractivity contribution in [3.63, 3.8) is 0 Å². The van der Waals surface area contributed by atoms with E-state index in [-0.39, 0.29) is 0 Å². The van der Waals surface area contributed by atoms with E-state index in [4.69, 9.17) is 8.22 Å². The maximum Gasteiger partial charge on any atom is 0.217 e. The van der Waals surface area contributed by atoms with Gasteiger partial charge in [-0.25, -0.2) is 0 Å². The van der Waals surface area contributed by atoms with Crippen LogP contribution in [0.15, 0.2) is 0 Å². The Morgan fingerprint density at radius 1 is 1.90 bits per heavy atom. The first-order valence-corrected chi connectivity index (χ1v) is 3.11. The highest BCUT2D eigenvalue weighted by Crippen LogP contribution is 2.02. The van der Waals surface area contributed by atoms with E-state index in [1.165, 1.54) is 6.92 Å². The Kier molecular flexibility index (Phi) is 1.40. The standard InChI is InChI=1S/C8H17NO/c1-6(2)5-7(3)9-8(4)10/h6-7H,5H2,1-4H3,(H,9,10)/i1D3,5D2,7D. The van der Waals surface area contributed by atoms with Gasteiger partial charge in [0.05, 0.1) is 1.37 Å². The van der Waals surface area contributed by atoms with Crippen molar-refractivity contribution in [2.24, 2.45) is 5.92 Å². The van der Waals surface area contributed by atoms with Gasteiger partial charge in [-0.3, -0.25) is 4.79 Å². The Bertz CT molecular complexity index is 272. The van der Waals surface area contributed by atoms with Crippen LogP contribution in [0.2, 0.25) is 0 Å².